The van der Waals surface area contributed by atoms with Gasteiger partial charge in [-0.25, -0.2) is 9.97 Å². The number of carbonyl (C=O) groups is 2. The number of halogens is 1. The topological polar surface area (TPSA) is 115 Å². The first-order chi connectivity index (χ1) is 21.0. The highest BCUT2D eigenvalue weighted by atomic mass is 35.5. The van der Waals surface area contributed by atoms with Crippen LogP contribution in [0.25, 0.3) is 11.2 Å². The van der Waals surface area contributed by atoms with Crippen molar-refractivity contribution in [2.75, 3.05) is 6.61 Å². The van der Waals surface area contributed by atoms with Crippen LogP contribution < -0.4 is 32.8 Å². The standard InChI is InChI=1S/C32H30N4O6P.ClH/c1-22(37)39-19-28-27(40-23(2)38)18-29(41-28)36-21-35-30-31(36)33-20-34-32(30)42-43(24-12-6-3-7-13-24,25-14-8-4-9-15-25)26-16-10-5-11-17-26;/h3-17,20-21,27-29H,18-19H2,1-2H3;1H/q+1;/p-1/t27-,28+,29+;/m0./s1. The summed E-state index contributed by atoms with van der Waals surface area (Å²) in [6.45, 7) is 2.61. The zero-order chi connectivity index (χ0) is 29.8. The number of carbonyl (C=O) groups excluding carboxylic acids is 2. The predicted molar refractivity (Wildman–Crippen MR) is 162 cm³/mol. The van der Waals surface area contributed by atoms with Gasteiger partial charge in [0.15, 0.2) is 11.2 Å². The average molecular weight is 633 g/mol. The van der Waals surface area contributed by atoms with Gasteiger partial charge < -0.3 is 31.1 Å². The smallest absolute Gasteiger partial charge is 0.303 e. The van der Waals surface area contributed by atoms with Gasteiger partial charge in [-0.2, -0.15) is 4.98 Å². The summed E-state index contributed by atoms with van der Waals surface area (Å²) < 4.78 is 25.8. The molecule has 226 valence electrons. The Morgan fingerprint density at radius 2 is 1.41 bits per heavy atom. The Morgan fingerprint density at radius 3 is 1.93 bits per heavy atom. The summed E-state index contributed by atoms with van der Waals surface area (Å²) in [5.41, 5.74) is 0.961. The molecule has 3 heterocycles. The normalized spacial score (nSPS) is 17.9. The molecule has 2 aromatic heterocycles. The molecule has 3 atom stereocenters. The minimum Gasteiger partial charge on any atom is -1.00 e. The molecule has 1 aliphatic rings. The lowest BCUT2D eigenvalue weighted by Crippen LogP contribution is -3.00. The fourth-order valence-electron chi connectivity index (χ4n) is 5.31. The van der Waals surface area contributed by atoms with Crippen molar-refractivity contribution in [3.05, 3.63) is 104 Å². The highest BCUT2D eigenvalue weighted by Gasteiger charge is 2.50. The van der Waals surface area contributed by atoms with Crippen molar-refractivity contribution in [3.8, 4) is 5.88 Å². The van der Waals surface area contributed by atoms with E-state index >= 15 is 0 Å². The zero-order valence-corrected chi connectivity index (χ0v) is 25.7. The molecule has 44 heavy (non-hydrogen) atoms. The molecule has 1 saturated heterocycles. The summed E-state index contributed by atoms with van der Waals surface area (Å²) in [4.78, 5) is 37.0. The third kappa shape index (κ3) is 6.15. The maximum absolute atomic E-state index is 11.8. The number of hydrogen-bond acceptors (Lipinski definition) is 9. The highest BCUT2D eigenvalue weighted by molar-refractivity contribution is 7.92. The number of rotatable bonds is 9. The minimum absolute atomic E-state index is 0. The summed E-state index contributed by atoms with van der Waals surface area (Å²) >= 11 is 0. The fraction of sp³-hybridized carbons (Fsp3) is 0.219. The Labute approximate surface area is 261 Å². The van der Waals surface area contributed by atoms with E-state index in [0.717, 1.165) is 15.9 Å². The van der Waals surface area contributed by atoms with Crippen molar-refractivity contribution in [3.63, 3.8) is 0 Å². The van der Waals surface area contributed by atoms with Gasteiger partial charge in [0, 0.05) is 20.3 Å². The number of fused-ring (bicyclic) bond motifs is 1. The zero-order valence-electron chi connectivity index (χ0n) is 24.0. The van der Waals surface area contributed by atoms with Crippen molar-refractivity contribution < 1.29 is 40.7 Å². The van der Waals surface area contributed by atoms with Gasteiger partial charge in [0.2, 0.25) is 0 Å². The van der Waals surface area contributed by atoms with Gasteiger partial charge in [-0.1, -0.05) is 54.6 Å². The van der Waals surface area contributed by atoms with Crippen LogP contribution in [0.15, 0.2) is 104 Å². The van der Waals surface area contributed by atoms with Crippen LogP contribution in [0.1, 0.15) is 26.5 Å². The number of aromatic nitrogens is 4. The SMILES string of the molecule is CC(=O)OC[C@H]1O[C@@H](n2cnc3c(O[P+](c4ccccc4)(c4ccccc4)c4ccccc4)ncnc32)C[C@@H]1OC(C)=O.[Cl-]. The first-order valence-corrected chi connectivity index (χ1v) is 15.6. The third-order valence-corrected chi connectivity index (χ3v) is 10.7. The second-order valence-electron chi connectivity index (χ2n) is 10.0. The van der Waals surface area contributed by atoms with Crippen LogP contribution in [-0.4, -0.2) is 50.3 Å². The lowest BCUT2D eigenvalue weighted by Gasteiger charge is -2.25. The molecular formula is C32H30ClN4O6P. The van der Waals surface area contributed by atoms with Crippen LogP contribution in [0.2, 0.25) is 0 Å². The van der Waals surface area contributed by atoms with Crippen LogP contribution >= 0.6 is 7.49 Å². The van der Waals surface area contributed by atoms with E-state index in [9.17, 15) is 9.59 Å². The largest absolute Gasteiger partial charge is 1.00 e. The Kier molecular flexibility index (Phi) is 9.54. The summed E-state index contributed by atoms with van der Waals surface area (Å²) in [5.74, 6) is -0.559. The summed E-state index contributed by atoms with van der Waals surface area (Å²) in [5, 5.41) is 3.07. The van der Waals surface area contributed by atoms with E-state index in [2.05, 4.69) is 51.4 Å². The molecule has 6 rings (SSSR count). The molecule has 1 aliphatic heterocycles. The van der Waals surface area contributed by atoms with Crippen LogP contribution in [0.3, 0.4) is 0 Å². The van der Waals surface area contributed by atoms with E-state index in [1.807, 2.05) is 54.6 Å². The van der Waals surface area contributed by atoms with E-state index < -0.39 is 37.9 Å². The molecule has 0 radical (unpaired) electrons. The predicted octanol–water partition coefficient (Wildman–Crippen LogP) is 0.901. The molecule has 0 N–H and O–H groups in total. The third-order valence-electron chi connectivity index (χ3n) is 7.17. The Morgan fingerprint density at radius 1 is 0.841 bits per heavy atom. The maximum atomic E-state index is 11.8. The molecule has 0 saturated carbocycles. The Balaban J connectivity index is 0.00000384. The monoisotopic (exact) mass is 632 g/mol. The van der Waals surface area contributed by atoms with Gasteiger partial charge in [-0.05, 0) is 36.4 Å². The number of nitrogens with zero attached hydrogens (tertiary/aromatic N) is 4. The molecule has 0 unspecified atom stereocenters. The van der Waals surface area contributed by atoms with Gasteiger partial charge in [-0.3, -0.25) is 14.2 Å². The van der Waals surface area contributed by atoms with E-state index in [1.165, 1.54) is 20.2 Å². The van der Waals surface area contributed by atoms with Gasteiger partial charge in [0.1, 0.15) is 47.3 Å². The molecule has 1 fully saturated rings. The van der Waals surface area contributed by atoms with E-state index in [4.69, 9.17) is 18.7 Å². The molecule has 10 nitrogen and oxygen atoms in total. The summed E-state index contributed by atoms with van der Waals surface area (Å²) in [7, 11) is -2.73. The quantitative estimate of drug-likeness (QED) is 0.173. The Hall–Kier alpha value is -4.37. The molecule has 0 spiro atoms. The lowest BCUT2D eigenvalue weighted by atomic mass is 10.2. The van der Waals surface area contributed by atoms with Crippen molar-refractivity contribution in [1.82, 2.24) is 19.5 Å². The van der Waals surface area contributed by atoms with Crippen LogP contribution in [0, 0.1) is 0 Å². The first-order valence-electron chi connectivity index (χ1n) is 13.8. The average Bonchev–Trinajstić information content (AvgIpc) is 3.64. The lowest BCUT2D eigenvalue weighted by molar-refractivity contribution is -0.155. The van der Waals surface area contributed by atoms with Gasteiger partial charge in [0.25, 0.3) is 13.4 Å². The second kappa shape index (κ2) is 13.5. The molecule has 12 heteroatoms. The maximum Gasteiger partial charge on any atom is 0.303 e. The molecule has 0 bridgehead atoms. The van der Waals surface area contributed by atoms with Crippen molar-refractivity contribution >= 4 is 46.5 Å². The van der Waals surface area contributed by atoms with Gasteiger partial charge in [-0.15, -0.1) is 0 Å². The van der Waals surface area contributed by atoms with Crippen LogP contribution in [-0.2, 0) is 23.8 Å². The molecule has 0 amide bonds. The number of ether oxygens (including phenoxy) is 3. The number of imidazole rings is 1. The van der Waals surface area contributed by atoms with Gasteiger partial charge >= 0.3 is 11.9 Å². The molecular weight excluding hydrogens is 603 g/mol. The number of benzene rings is 3. The van der Waals surface area contributed by atoms with Crippen molar-refractivity contribution in [2.24, 2.45) is 0 Å². The number of esters is 2. The Bertz CT molecular complexity index is 1630. The van der Waals surface area contributed by atoms with Gasteiger partial charge in [0.05, 0.1) is 6.33 Å². The second-order valence-corrected chi connectivity index (χ2v) is 13.0. The molecule has 3 aromatic carbocycles. The highest BCUT2D eigenvalue weighted by Crippen LogP contribution is 2.56. The van der Waals surface area contributed by atoms with Crippen molar-refractivity contribution in [2.45, 2.75) is 38.7 Å². The minimum atomic E-state index is -2.73. The van der Waals surface area contributed by atoms with Crippen molar-refractivity contribution in [1.29, 1.82) is 0 Å². The van der Waals surface area contributed by atoms with Crippen LogP contribution in [0.5, 0.6) is 5.88 Å². The van der Waals surface area contributed by atoms with E-state index in [0.29, 0.717) is 23.5 Å². The molecule has 5 aromatic rings. The van der Waals surface area contributed by atoms with E-state index in [1.54, 1.807) is 10.9 Å². The summed E-state index contributed by atoms with van der Waals surface area (Å²) in [6.07, 6.45) is 1.57. The molecule has 0 aliphatic carbocycles. The van der Waals surface area contributed by atoms with Crippen LogP contribution in [0.4, 0.5) is 0 Å². The summed E-state index contributed by atoms with van der Waals surface area (Å²) in [6, 6.07) is 30.5. The van der Waals surface area contributed by atoms with E-state index in [-0.39, 0.29) is 19.0 Å². The first kappa shape index (κ1) is 31.1. The fourth-order valence-corrected chi connectivity index (χ4v) is 8.69. The number of hydrogen-bond donors (Lipinski definition) is 0.